The molecule has 1 unspecified atom stereocenters. The van der Waals surface area contributed by atoms with Crippen molar-refractivity contribution in [3.63, 3.8) is 0 Å². The number of esters is 1. The van der Waals surface area contributed by atoms with Gasteiger partial charge in [-0.15, -0.1) is 0 Å². The summed E-state index contributed by atoms with van der Waals surface area (Å²) in [6.07, 6.45) is 0. The first-order valence-electron chi connectivity index (χ1n) is 9.38. The van der Waals surface area contributed by atoms with E-state index < -0.39 is 11.9 Å². The maximum Gasteiger partial charge on any atom is 0.338 e. The lowest BCUT2D eigenvalue weighted by molar-refractivity contribution is -0.139. The third-order valence-corrected chi connectivity index (χ3v) is 5.04. The lowest BCUT2D eigenvalue weighted by Gasteiger charge is -2.28. The number of carbonyl (C=O) groups is 1. The van der Waals surface area contributed by atoms with Gasteiger partial charge in [0.25, 0.3) is 0 Å². The van der Waals surface area contributed by atoms with Crippen LogP contribution in [-0.4, -0.2) is 12.6 Å². The van der Waals surface area contributed by atoms with Crippen molar-refractivity contribution < 1.29 is 19.0 Å². The average Bonchev–Trinajstić information content (AvgIpc) is 2.73. The lowest BCUT2D eigenvalue weighted by atomic mass is 9.82. The Labute approximate surface area is 180 Å². The molecule has 2 N–H and O–H groups in total. The summed E-state index contributed by atoms with van der Waals surface area (Å²) in [5, 5.41) is 10.3. The van der Waals surface area contributed by atoms with Crippen LogP contribution in [0.4, 0.5) is 0 Å². The molecule has 154 valence electrons. The fourth-order valence-corrected chi connectivity index (χ4v) is 3.48. The largest absolute Gasteiger partial charge is 0.489 e. The number of halogens is 1. The molecule has 0 radical (unpaired) electrons. The number of rotatable bonds is 6. The molecule has 0 bridgehead atoms. The fourth-order valence-electron chi connectivity index (χ4n) is 3.29. The Morgan fingerprint density at radius 3 is 2.63 bits per heavy atom. The van der Waals surface area contributed by atoms with Gasteiger partial charge in [-0.2, -0.15) is 5.26 Å². The van der Waals surface area contributed by atoms with Crippen LogP contribution in [0.2, 0.25) is 5.02 Å². The van der Waals surface area contributed by atoms with Gasteiger partial charge in [-0.3, -0.25) is 0 Å². The zero-order chi connectivity index (χ0) is 21.7. The molecule has 7 heteroatoms. The van der Waals surface area contributed by atoms with Crippen molar-refractivity contribution in [1.82, 2.24) is 0 Å². The van der Waals surface area contributed by atoms with E-state index in [2.05, 4.69) is 6.07 Å². The molecular formula is C23H21ClN2O4. The summed E-state index contributed by atoms with van der Waals surface area (Å²) >= 11 is 6.23. The monoisotopic (exact) mass is 424 g/mol. The molecule has 1 aliphatic rings. The van der Waals surface area contributed by atoms with Gasteiger partial charge in [0.2, 0.25) is 5.88 Å². The molecular weight excluding hydrogens is 404 g/mol. The Morgan fingerprint density at radius 1 is 1.23 bits per heavy atom. The predicted octanol–water partition coefficient (Wildman–Crippen LogP) is 4.56. The summed E-state index contributed by atoms with van der Waals surface area (Å²) in [6, 6.07) is 16.6. The zero-order valence-corrected chi connectivity index (χ0v) is 17.4. The first-order valence-corrected chi connectivity index (χ1v) is 9.76. The number of nitriles is 1. The molecule has 0 aromatic heterocycles. The quantitative estimate of drug-likeness (QED) is 0.683. The second-order valence-corrected chi connectivity index (χ2v) is 6.94. The highest BCUT2D eigenvalue weighted by molar-refractivity contribution is 6.31. The number of benzene rings is 2. The highest BCUT2D eigenvalue weighted by Gasteiger charge is 2.37. The molecule has 1 aliphatic heterocycles. The predicted molar refractivity (Wildman–Crippen MR) is 112 cm³/mol. The molecule has 1 atom stereocenters. The smallest absolute Gasteiger partial charge is 0.338 e. The summed E-state index contributed by atoms with van der Waals surface area (Å²) < 4.78 is 16.7. The topological polar surface area (TPSA) is 94.6 Å². The van der Waals surface area contributed by atoms with Gasteiger partial charge in [-0.05, 0) is 26.0 Å². The minimum atomic E-state index is -0.773. The second-order valence-electron chi connectivity index (χ2n) is 6.53. The van der Waals surface area contributed by atoms with Crippen molar-refractivity contribution in [3.05, 3.63) is 87.5 Å². The molecule has 0 saturated heterocycles. The average molecular weight is 425 g/mol. The van der Waals surface area contributed by atoms with Crippen molar-refractivity contribution in [2.24, 2.45) is 5.73 Å². The lowest BCUT2D eigenvalue weighted by Crippen LogP contribution is -2.26. The minimum absolute atomic E-state index is 0.0473. The molecule has 3 rings (SSSR count). The van der Waals surface area contributed by atoms with Crippen LogP contribution in [-0.2, 0) is 20.9 Å². The van der Waals surface area contributed by atoms with E-state index in [1.165, 1.54) is 0 Å². The summed E-state index contributed by atoms with van der Waals surface area (Å²) in [5.41, 5.74) is 7.73. The van der Waals surface area contributed by atoms with Crippen LogP contribution in [0.3, 0.4) is 0 Å². The van der Waals surface area contributed by atoms with E-state index >= 15 is 0 Å². The van der Waals surface area contributed by atoms with Crippen molar-refractivity contribution in [2.75, 3.05) is 6.61 Å². The number of ether oxygens (including phenoxy) is 3. The van der Waals surface area contributed by atoms with E-state index in [0.717, 1.165) is 5.56 Å². The van der Waals surface area contributed by atoms with Gasteiger partial charge in [0, 0.05) is 16.1 Å². The Hall–Kier alpha value is -3.43. The number of allylic oxidation sites excluding steroid dienone is 2. The number of carbonyl (C=O) groups excluding carboxylic acids is 1. The molecule has 0 spiro atoms. The number of nitrogens with zero attached hydrogens (tertiary/aromatic N) is 1. The van der Waals surface area contributed by atoms with Crippen molar-refractivity contribution in [2.45, 2.75) is 26.4 Å². The van der Waals surface area contributed by atoms with E-state index in [9.17, 15) is 10.1 Å². The summed E-state index contributed by atoms with van der Waals surface area (Å²) in [6.45, 7) is 3.74. The van der Waals surface area contributed by atoms with Gasteiger partial charge in [-0.1, -0.05) is 48.0 Å². The van der Waals surface area contributed by atoms with E-state index in [0.29, 0.717) is 16.3 Å². The number of nitrogens with two attached hydrogens (primary N) is 1. The standard InChI is InChI=1S/C23H21ClN2O4/c1-3-28-23(27)20-14(2)30-22(26)17(12-25)21(20)16-9-5-7-11-19(16)29-13-15-8-4-6-10-18(15)24/h4-11,21H,3,13,26H2,1-2H3. The Bertz CT molecular complexity index is 1070. The summed E-state index contributed by atoms with van der Waals surface area (Å²) in [7, 11) is 0. The Balaban J connectivity index is 2.05. The first-order chi connectivity index (χ1) is 14.5. The van der Waals surface area contributed by atoms with Crippen LogP contribution in [0, 0.1) is 11.3 Å². The number of hydrogen-bond donors (Lipinski definition) is 1. The minimum Gasteiger partial charge on any atom is -0.489 e. The van der Waals surface area contributed by atoms with Gasteiger partial charge < -0.3 is 19.9 Å². The molecule has 0 fully saturated rings. The van der Waals surface area contributed by atoms with Crippen LogP contribution >= 0.6 is 11.6 Å². The van der Waals surface area contributed by atoms with Crippen LogP contribution in [0.25, 0.3) is 0 Å². The first kappa shape index (κ1) is 21.3. The molecule has 30 heavy (non-hydrogen) atoms. The van der Waals surface area contributed by atoms with E-state index in [1.54, 1.807) is 38.1 Å². The molecule has 6 nitrogen and oxygen atoms in total. The van der Waals surface area contributed by atoms with E-state index in [-0.39, 0.29) is 36.0 Å². The summed E-state index contributed by atoms with van der Waals surface area (Å²) in [4.78, 5) is 12.7. The van der Waals surface area contributed by atoms with Gasteiger partial charge in [0.1, 0.15) is 29.8 Å². The van der Waals surface area contributed by atoms with Gasteiger partial charge >= 0.3 is 5.97 Å². The van der Waals surface area contributed by atoms with Crippen LogP contribution < -0.4 is 10.5 Å². The molecule has 1 heterocycles. The fraction of sp³-hybridized carbons (Fsp3) is 0.217. The highest BCUT2D eigenvalue weighted by atomic mass is 35.5. The van der Waals surface area contributed by atoms with Crippen molar-refractivity contribution >= 4 is 17.6 Å². The highest BCUT2D eigenvalue weighted by Crippen LogP contribution is 2.43. The Morgan fingerprint density at radius 2 is 1.93 bits per heavy atom. The summed E-state index contributed by atoms with van der Waals surface area (Å²) in [5.74, 6) is -0.601. The van der Waals surface area contributed by atoms with Crippen molar-refractivity contribution in [3.8, 4) is 11.8 Å². The van der Waals surface area contributed by atoms with Crippen LogP contribution in [0.1, 0.15) is 30.9 Å². The van der Waals surface area contributed by atoms with Crippen molar-refractivity contribution in [1.29, 1.82) is 5.26 Å². The van der Waals surface area contributed by atoms with E-state index in [4.69, 9.17) is 31.5 Å². The SMILES string of the molecule is CCOC(=O)C1=C(C)OC(N)=C(C#N)C1c1ccccc1OCc1ccccc1Cl. The van der Waals surface area contributed by atoms with Gasteiger partial charge in [-0.25, -0.2) is 4.79 Å². The van der Waals surface area contributed by atoms with Gasteiger partial charge in [0.05, 0.1) is 18.1 Å². The number of para-hydroxylation sites is 1. The van der Waals surface area contributed by atoms with E-state index in [1.807, 2.05) is 24.3 Å². The third kappa shape index (κ3) is 4.27. The zero-order valence-electron chi connectivity index (χ0n) is 16.6. The maximum atomic E-state index is 12.7. The molecule has 0 saturated carbocycles. The maximum absolute atomic E-state index is 12.7. The molecule has 2 aromatic carbocycles. The third-order valence-electron chi connectivity index (χ3n) is 4.67. The van der Waals surface area contributed by atoms with Crippen LogP contribution in [0.5, 0.6) is 5.75 Å². The number of hydrogen-bond acceptors (Lipinski definition) is 6. The van der Waals surface area contributed by atoms with Crippen LogP contribution in [0.15, 0.2) is 71.3 Å². The second kappa shape index (κ2) is 9.38. The molecule has 0 aliphatic carbocycles. The molecule has 2 aromatic rings. The molecule has 0 amide bonds. The van der Waals surface area contributed by atoms with Gasteiger partial charge in [0.15, 0.2) is 0 Å². The normalized spacial score (nSPS) is 16.0. The Kier molecular flexibility index (Phi) is 6.65.